The van der Waals surface area contributed by atoms with Gasteiger partial charge in [-0.1, -0.05) is 64.5 Å². The molecule has 6 heteroatoms. The molecule has 3 N–H and O–H groups in total. The third-order valence-corrected chi connectivity index (χ3v) is 5.93. The van der Waals surface area contributed by atoms with Crippen molar-refractivity contribution < 1.29 is 14.7 Å². The van der Waals surface area contributed by atoms with E-state index in [-0.39, 0.29) is 23.9 Å². The largest absolute Gasteiger partial charge is 0.478 e. The Kier molecular flexibility index (Phi) is 5.91. The molecule has 1 aromatic heterocycles. The Hall–Kier alpha value is -3.38. The van der Waals surface area contributed by atoms with Gasteiger partial charge in [0.15, 0.2) is 0 Å². The Labute approximate surface area is 188 Å². The van der Waals surface area contributed by atoms with Crippen LogP contribution in [0.25, 0.3) is 10.9 Å². The van der Waals surface area contributed by atoms with Crippen LogP contribution in [0.15, 0.2) is 77.4 Å². The van der Waals surface area contributed by atoms with Crippen LogP contribution in [0.4, 0.5) is 0 Å². The van der Waals surface area contributed by atoms with Crippen molar-refractivity contribution in [2.45, 2.75) is 19.4 Å². The van der Waals surface area contributed by atoms with E-state index in [1.54, 1.807) is 12.1 Å². The molecule has 4 rings (SSSR count). The normalized spacial score (nSPS) is 11.9. The van der Waals surface area contributed by atoms with Crippen molar-refractivity contribution in [1.82, 2.24) is 10.3 Å². The van der Waals surface area contributed by atoms with E-state index in [1.807, 2.05) is 61.5 Å². The van der Waals surface area contributed by atoms with Crippen LogP contribution < -0.4 is 5.32 Å². The van der Waals surface area contributed by atoms with E-state index in [0.29, 0.717) is 5.39 Å². The van der Waals surface area contributed by atoms with Gasteiger partial charge in [0.05, 0.1) is 18.0 Å². The molecule has 0 aliphatic carbocycles. The summed E-state index contributed by atoms with van der Waals surface area (Å²) in [5, 5.41) is 13.1. The number of fused-ring (bicyclic) bond motifs is 1. The standard InChI is InChI=1S/C25H21BrN2O3/c1-15-7-9-18(21(26)11-15)24(17-5-3-2-4-6-17)28-23(29)13-16-8-10-22-19(12-16)20(14-27-22)25(30)31/h2-12,14,24,27H,13H2,1H3,(H,28,29)(H,30,31). The van der Waals surface area contributed by atoms with Gasteiger partial charge in [0.25, 0.3) is 0 Å². The van der Waals surface area contributed by atoms with Crippen LogP contribution in [0.5, 0.6) is 0 Å². The second-order valence-corrected chi connectivity index (χ2v) is 8.35. The highest BCUT2D eigenvalue weighted by Crippen LogP contribution is 2.30. The van der Waals surface area contributed by atoms with Crippen molar-refractivity contribution in [1.29, 1.82) is 0 Å². The van der Waals surface area contributed by atoms with Gasteiger partial charge in [-0.15, -0.1) is 0 Å². The first-order valence-electron chi connectivity index (χ1n) is 9.86. The van der Waals surface area contributed by atoms with Crippen molar-refractivity contribution in [2.75, 3.05) is 0 Å². The maximum absolute atomic E-state index is 13.0. The maximum atomic E-state index is 13.0. The van der Waals surface area contributed by atoms with E-state index in [4.69, 9.17) is 0 Å². The van der Waals surface area contributed by atoms with E-state index in [0.717, 1.165) is 32.2 Å². The number of benzene rings is 3. The predicted molar refractivity (Wildman–Crippen MR) is 124 cm³/mol. The summed E-state index contributed by atoms with van der Waals surface area (Å²) >= 11 is 3.64. The number of aromatic nitrogens is 1. The second-order valence-electron chi connectivity index (χ2n) is 7.50. The first-order chi connectivity index (χ1) is 14.9. The molecule has 1 unspecified atom stereocenters. The minimum Gasteiger partial charge on any atom is -0.478 e. The Morgan fingerprint density at radius 1 is 1.06 bits per heavy atom. The highest BCUT2D eigenvalue weighted by atomic mass is 79.9. The molecular formula is C25H21BrN2O3. The summed E-state index contributed by atoms with van der Waals surface area (Å²) in [7, 11) is 0. The summed E-state index contributed by atoms with van der Waals surface area (Å²) in [5.74, 6) is -1.14. The van der Waals surface area contributed by atoms with E-state index in [2.05, 4.69) is 26.2 Å². The quantitative estimate of drug-likeness (QED) is 0.349. The molecule has 0 fully saturated rings. The molecule has 5 nitrogen and oxygen atoms in total. The third kappa shape index (κ3) is 4.54. The summed E-state index contributed by atoms with van der Waals surface area (Å²) in [6.07, 6.45) is 1.62. The van der Waals surface area contributed by atoms with Gasteiger partial charge >= 0.3 is 5.97 Å². The number of carboxylic acids is 1. The number of hydrogen-bond acceptors (Lipinski definition) is 2. The monoisotopic (exact) mass is 476 g/mol. The molecule has 31 heavy (non-hydrogen) atoms. The summed E-state index contributed by atoms with van der Waals surface area (Å²) in [6, 6.07) is 21.0. The first-order valence-corrected chi connectivity index (χ1v) is 10.7. The van der Waals surface area contributed by atoms with Crippen LogP contribution in [0.1, 0.15) is 38.7 Å². The molecule has 0 radical (unpaired) electrons. The maximum Gasteiger partial charge on any atom is 0.337 e. The summed E-state index contributed by atoms with van der Waals surface area (Å²) < 4.78 is 0.932. The molecule has 1 heterocycles. The molecule has 0 spiro atoms. The van der Waals surface area contributed by atoms with Crippen molar-refractivity contribution >= 4 is 38.7 Å². The number of amides is 1. The van der Waals surface area contributed by atoms with Crippen molar-refractivity contribution in [3.63, 3.8) is 0 Å². The third-order valence-electron chi connectivity index (χ3n) is 5.25. The number of H-pyrrole nitrogens is 1. The van der Waals surface area contributed by atoms with Gasteiger partial charge in [-0.25, -0.2) is 4.79 Å². The topological polar surface area (TPSA) is 82.2 Å². The van der Waals surface area contributed by atoms with Crippen LogP contribution in [0, 0.1) is 6.92 Å². The first kappa shape index (κ1) is 20.9. The average Bonchev–Trinajstić information content (AvgIpc) is 3.17. The molecule has 1 atom stereocenters. The van der Waals surface area contributed by atoms with E-state index >= 15 is 0 Å². The number of halogens is 1. The lowest BCUT2D eigenvalue weighted by Crippen LogP contribution is -2.30. The number of nitrogens with one attached hydrogen (secondary N) is 2. The fourth-order valence-corrected chi connectivity index (χ4v) is 4.43. The van der Waals surface area contributed by atoms with Crippen LogP contribution >= 0.6 is 15.9 Å². The van der Waals surface area contributed by atoms with Gasteiger partial charge in [0, 0.05) is 21.6 Å². The lowest BCUT2D eigenvalue weighted by molar-refractivity contribution is -0.120. The van der Waals surface area contributed by atoms with Gasteiger partial charge in [-0.05, 0) is 47.4 Å². The van der Waals surface area contributed by atoms with Crippen LogP contribution in [-0.2, 0) is 11.2 Å². The number of carboxylic acid groups (broad SMARTS) is 1. The van der Waals surface area contributed by atoms with E-state index in [1.165, 1.54) is 6.20 Å². The van der Waals surface area contributed by atoms with Crippen LogP contribution in [0.2, 0.25) is 0 Å². The Morgan fingerprint density at radius 2 is 1.84 bits per heavy atom. The van der Waals surface area contributed by atoms with E-state index in [9.17, 15) is 14.7 Å². The van der Waals surface area contributed by atoms with Gasteiger partial charge in [-0.2, -0.15) is 0 Å². The zero-order valence-corrected chi connectivity index (χ0v) is 18.4. The molecule has 1 amide bonds. The summed E-state index contributed by atoms with van der Waals surface area (Å²) in [4.78, 5) is 27.4. The Morgan fingerprint density at radius 3 is 2.55 bits per heavy atom. The fourth-order valence-electron chi connectivity index (χ4n) is 3.70. The summed E-state index contributed by atoms with van der Waals surface area (Å²) in [6.45, 7) is 2.02. The van der Waals surface area contributed by atoms with Crippen LogP contribution in [-0.4, -0.2) is 22.0 Å². The molecule has 0 saturated heterocycles. The number of hydrogen-bond donors (Lipinski definition) is 3. The van der Waals surface area contributed by atoms with Gasteiger partial charge in [-0.3, -0.25) is 4.79 Å². The van der Waals surface area contributed by atoms with Gasteiger partial charge in [0.1, 0.15) is 0 Å². The molecule has 0 aliphatic rings. The Balaban J connectivity index is 1.61. The highest BCUT2D eigenvalue weighted by molar-refractivity contribution is 9.10. The molecule has 3 aromatic carbocycles. The number of carbonyl (C=O) groups excluding carboxylic acids is 1. The number of carbonyl (C=O) groups is 2. The molecule has 156 valence electrons. The predicted octanol–water partition coefficient (Wildman–Crippen LogP) is 5.39. The SMILES string of the molecule is Cc1ccc(C(NC(=O)Cc2ccc3[nH]cc(C(=O)O)c3c2)c2ccccc2)c(Br)c1. The van der Waals surface area contributed by atoms with Crippen LogP contribution in [0.3, 0.4) is 0 Å². The van der Waals surface area contributed by atoms with Crippen molar-refractivity contribution in [3.05, 3.63) is 105 Å². The van der Waals surface area contributed by atoms with Gasteiger partial charge < -0.3 is 15.4 Å². The van der Waals surface area contributed by atoms with Crippen molar-refractivity contribution in [3.8, 4) is 0 Å². The molecule has 0 bridgehead atoms. The number of aryl methyl sites for hydroxylation is 1. The van der Waals surface area contributed by atoms with E-state index < -0.39 is 5.97 Å². The number of aromatic amines is 1. The minimum atomic E-state index is -0.999. The molecule has 4 aromatic rings. The molecule has 0 saturated carbocycles. The fraction of sp³-hybridized carbons (Fsp3) is 0.120. The number of rotatable bonds is 6. The lowest BCUT2D eigenvalue weighted by atomic mass is 9.97. The molecule has 0 aliphatic heterocycles. The lowest BCUT2D eigenvalue weighted by Gasteiger charge is -2.21. The van der Waals surface area contributed by atoms with Gasteiger partial charge in [0.2, 0.25) is 5.91 Å². The highest BCUT2D eigenvalue weighted by Gasteiger charge is 2.20. The minimum absolute atomic E-state index is 0.145. The summed E-state index contributed by atoms with van der Waals surface area (Å²) in [5.41, 5.74) is 4.76. The zero-order chi connectivity index (χ0) is 22.0. The Bertz CT molecular complexity index is 1260. The zero-order valence-electron chi connectivity index (χ0n) is 16.9. The molecular weight excluding hydrogens is 456 g/mol. The van der Waals surface area contributed by atoms with Crippen molar-refractivity contribution in [2.24, 2.45) is 0 Å². The smallest absolute Gasteiger partial charge is 0.337 e. The number of aromatic carboxylic acids is 1. The average molecular weight is 477 g/mol. The second kappa shape index (κ2) is 8.78.